The maximum Gasteiger partial charge on any atom is 0.256 e. The molecule has 2 N–H and O–H groups in total. The minimum Gasteiger partial charge on any atom is -0.396 e. The molecule has 2 unspecified atom stereocenters. The summed E-state index contributed by atoms with van der Waals surface area (Å²) >= 11 is 13.2. The van der Waals surface area contributed by atoms with Gasteiger partial charge < -0.3 is 19.7 Å². The summed E-state index contributed by atoms with van der Waals surface area (Å²) in [5.74, 6) is -0.499. The SMILES string of the molecule is COC(c1cc(Cl)c2c(c1Cl)C(=O)N(Cc1c(C)cc(C)[nH]c1=O)CC2)C(C)CO. The summed E-state index contributed by atoms with van der Waals surface area (Å²) in [7, 11) is 1.53. The van der Waals surface area contributed by atoms with Crippen molar-refractivity contribution in [2.75, 3.05) is 20.3 Å². The number of aryl methyl sites for hydroxylation is 2. The highest BCUT2D eigenvalue weighted by molar-refractivity contribution is 6.37. The van der Waals surface area contributed by atoms with Gasteiger partial charge in [-0.15, -0.1) is 0 Å². The molecule has 0 bridgehead atoms. The van der Waals surface area contributed by atoms with Crippen molar-refractivity contribution < 1.29 is 14.6 Å². The van der Waals surface area contributed by atoms with Crippen molar-refractivity contribution in [3.05, 3.63) is 66.0 Å². The van der Waals surface area contributed by atoms with Gasteiger partial charge in [-0.1, -0.05) is 30.1 Å². The predicted octanol–water partition coefficient (Wildman–Crippen LogP) is 3.81. The van der Waals surface area contributed by atoms with E-state index < -0.39 is 6.10 Å². The molecule has 0 fully saturated rings. The number of nitrogens with zero attached hydrogens (tertiary/aromatic N) is 1. The highest BCUT2D eigenvalue weighted by atomic mass is 35.5. The molecule has 0 radical (unpaired) electrons. The van der Waals surface area contributed by atoms with E-state index >= 15 is 0 Å². The molecule has 6 nitrogen and oxygen atoms in total. The molecular formula is C22H26Cl2N2O4. The van der Waals surface area contributed by atoms with Gasteiger partial charge >= 0.3 is 0 Å². The third-order valence-corrected chi connectivity index (χ3v) is 6.43. The molecule has 30 heavy (non-hydrogen) atoms. The van der Waals surface area contributed by atoms with Crippen LogP contribution in [0.25, 0.3) is 0 Å². The van der Waals surface area contributed by atoms with Gasteiger partial charge in [-0.3, -0.25) is 9.59 Å². The van der Waals surface area contributed by atoms with Gasteiger partial charge in [0.15, 0.2) is 0 Å². The van der Waals surface area contributed by atoms with Crippen LogP contribution in [0.2, 0.25) is 10.0 Å². The molecule has 1 amide bonds. The monoisotopic (exact) mass is 452 g/mol. The summed E-state index contributed by atoms with van der Waals surface area (Å²) in [5.41, 5.74) is 3.60. The number of benzene rings is 1. The number of fused-ring (bicyclic) bond motifs is 1. The van der Waals surface area contributed by atoms with Crippen LogP contribution in [-0.4, -0.2) is 41.2 Å². The lowest BCUT2D eigenvalue weighted by molar-refractivity contribution is 0.0328. The number of aliphatic hydroxyl groups is 1. The Kier molecular flexibility index (Phi) is 6.92. The van der Waals surface area contributed by atoms with Gasteiger partial charge in [0.2, 0.25) is 0 Å². The zero-order valence-electron chi connectivity index (χ0n) is 17.5. The third-order valence-electron chi connectivity index (χ3n) is 5.69. The van der Waals surface area contributed by atoms with E-state index in [1.54, 1.807) is 11.0 Å². The van der Waals surface area contributed by atoms with Crippen molar-refractivity contribution in [1.29, 1.82) is 0 Å². The molecule has 3 rings (SSSR count). The Bertz CT molecular complexity index is 1030. The van der Waals surface area contributed by atoms with Crippen LogP contribution in [0.15, 0.2) is 16.9 Å². The maximum absolute atomic E-state index is 13.4. The smallest absolute Gasteiger partial charge is 0.256 e. The van der Waals surface area contributed by atoms with Gasteiger partial charge in [-0.05, 0) is 43.5 Å². The first kappa shape index (κ1) is 22.8. The fourth-order valence-corrected chi connectivity index (χ4v) is 4.71. The summed E-state index contributed by atoms with van der Waals surface area (Å²) in [6, 6.07) is 3.61. The minimum absolute atomic E-state index is 0.0981. The molecule has 1 aliphatic heterocycles. The third kappa shape index (κ3) is 4.14. The van der Waals surface area contributed by atoms with Crippen molar-refractivity contribution >= 4 is 29.1 Å². The summed E-state index contributed by atoms with van der Waals surface area (Å²) < 4.78 is 5.54. The number of amides is 1. The number of nitrogens with one attached hydrogen (secondary N) is 1. The number of pyridine rings is 1. The molecule has 2 aromatic rings. The average molecular weight is 453 g/mol. The predicted molar refractivity (Wildman–Crippen MR) is 117 cm³/mol. The van der Waals surface area contributed by atoms with Crippen LogP contribution in [0.5, 0.6) is 0 Å². The molecule has 0 saturated heterocycles. The Hall–Kier alpha value is -1.86. The Labute approximate surface area is 185 Å². The molecular weight excluding hydrogens is 427 g/mol. The zero-order chi connectivity index (χ0) is 22.2. The highest BCUT2D eigenvalue weighted by Gasteiger charge is 2.33. The molecule has 2 heterocycles. The van der Waals surface area contributed by atoms with Crippen molar-refractivity contribution in [2.45, 2.75) is 39.8 Å². The van der Waals surface area contributed by atoms with Crippen LogP contribution in [-0.2, 0) is 17.7 Å². The Balaban J connectivity index is 2.03. The number of hydrogen-bond acceptors (Lipinski definition) is 4. The highest BCUT2D eigenvalue weighted by Crippen LogP contribution is 2.40. The van der Waals surface area contributed by atoms with E-state index in [2.05, 4.69) is 4.98 Å². The lowest BCUT2D eigenvalue weighted by atomic mass is 9.90. The minimum atomic E-state index is -0.504. The van der Waals surface area contributed by atoms with Gasteiger partial charge in [-0.2, -0.15) is 0 Å². The van der Waals surface area contributed by atoms with Crippen molar-refractivity contribution in [2.24, 2.45) is 5.92 Å². The van der Waals surface area contributed by atoms with Crippen molar-refractivity contribution in [1.82, 2.24) is 9.88 Å². The first-order chi connectivity index (χ1) is 14.2. The van der Waals surface area contributed by atoms with Crippen molar-refractivity contribution in [3.63, 3.8) is 0 Å². The van der Waals surface area contributed by atoms with E-state index in [-0.39, 0.29) is 35.6 Å². The summed E-state index contributed by atoms with van der Waals surface area (Å²) in [6.45, 7) is 6.05. The fraction of sp³-hybridized carbons (Fsp3) is 0.455. The number of rotatable bonds is 6. The number of ether oxygens (including phenoxy) is 1. The van der Waals surface area contributed by atoms with Gasteiger partial charge in [0, 0.05) is 48.0 Å². The topological polar surface area (TPSA) is 82.6 Å². The molecule has 1 aliphatic rings. The molecule has 8 heteroatoms. The molecule has 0 spiro atoms. The lowest BCUT2D eigenvalue weighted by Gasteiger charge is -2.32. The van der Waals surface area contributed by atoms with Crippen LogP contribution in [0.1, 0.15) is 51.3 Å². The molecule has 2 atom stereocenters. The van der Waals surface area contributed by atoms with Crippen LogP contribution >= 0.6 is 23.2 Å². The van der Waals surface area contributed by atoms with Crippen molar-refractivity contribution in [3.8, 4) is 0 Å². The summed E-state index contributed by atoms with van der Waals surface area (Å²) in [4.78, 5) is 30.2. The van der Waals surface area contributed by atoms with Crippen LogP contribution in [0.4, 0.5) is 0 Å². The van der Waals surface area contributed by atoms with Crippen LogP contribution < -0.4 is 5.56 Å². The van der Waals surface area contributed by atoms with Gasteiger partial charge in [0.25, 0.3) is 11.5 Å². The number of hydrogen-bond donors (Lipinski definition) is 2. The van der Waals surface area contributed by atoms with E-state index in [1.165, 1.54) is 7.11 Å². The average Bonchev–Trinajstić information content (AvgIpc) is 2.69. The van der Waals surface area contributed by atoms with Gasteiger partial charge in [0.1, 0.15) is 0 Å². The Morgan fingerprint density at radius 3 is 2.57 bits per heavy atom. The fourth-order valence-electron chi connectivity index (χ4n) is 4.05. The van der Waals surface area contributed by atoms with Crippen LogP contribution in [0.3, 0.4) is 0 Å². The number of H-pyrrole nitrogens is 1. The second-order valence-electron chi connectivity index (χ2n) is 7.85. The van der Waals surface area contributed by atoms with E-state index in [4.69, 9.17) is 27.9 Å². The quantitative estimate of drug-likeness (QED) is 0.697. The largest absolute Gasteiger partial charge is 0.396 e. The number of carbonyl (C=O) groups excluding carboxylic acids is 1. The second kappa shape index (κ2) is 9.10. The first-order valence-corrected chi connectivity index (χ1v) is 10.6. The normalized spacial score (nSPS) is 15.8. The molecule has 1 aromatic carbocycles. The maximum atomic E-state index is 13.4. The lowest BCUT2D eigenvalue weighted by Crippen LogP contribution is -2.39. The molecule has 1 aromatic heterocycles. The zero-order valence-corrected chi connectivity index (χ0v) is 19.0. The second-order valence-corrected chi connectivity index (χ2v) is 8.64. The number of aromatic amines is 1. The van der Waals surface area contributed by atoms with E-state index in [0.29, 0.717) is 40.2 Å². The standard InChI is InChI=1S/C22H26Cl2N2O4/c1-11-7-13(3)25-21(28)16(11)9-26-6-5-14-17(23)8-15(19(24)18(14)22(26)29)20(30-4)12(2)10-27/h7-8,12,20,27H,5-6,9-10H2,1-4H3,(H,25,28). The Morgan fingerprint density at radius 1 is 1.27 bits per heavy atom. The van der Waals surface area contributed by atoms with E-state index in [0.717, 1.165) is 11.3 Å². The number of methoxy groups -OCH3 is 1. The van der Waals surface area contributed by atoms with E-state index in [9.17, 15) is 14.7 Å². The van der Waals surface area contributed by atoms with E-state index in [1.807, 2.05) is 26.8 Å². The van der Waals surface area contributed by atoms with Gasteiger partial charge in [0.05, 0.1) is 23.2 Å². The molecule has 162 valence electrons. The molecule has 0 saturated carbocycles. The summed E-state index contributed by atoms with van der Waals surface area (Å²) in [6.07, 6.45) is 0.0336. The first-order valence-electron chi connectivity index (χ1n) is 9.82. The number of aromatic nitrogens is 1. The number of halogens is 2. The van der Waals surface area contributed by atoms with Crippen LogP contribution in [0, 0.1) is 19.8 Å². The molecule has 0 aliphatic carbocycles. The number of aliphatic hydroxyl groups excluding tert-OH is 1. The number of carbonyl (C=O) groups is 1. The summed E-state index contributed by atoms with van der Waals surface area (Å²) in [5, 5.41) is 10.3. The van der Waals surface area contributed by atoms with Gasteiger partial charge in [-0.25, -0.2) is 0 Å². The Morgan fingerprint density at radius 2 is 1.97 bits per heavy atom.